The quantitative estimate of drug-likeness (QED) is 0.254. The summed E-state index contributed by atoms with van der Waals surface area (Å²) in [4.78, 5) is 26.3. The summed E-state index contributed by atoms with van der Waals surface area (Å²) in [6.45, 7) is 16.9. The van der Waals surface area contributed by atoms with Gasteiger partial charge in [0.15, 0.2) is 0 Å². The van der Waals surface area contributed by atoms with Crippen molar-refractivity contribution in [2.75, 3.05) is 29.5 Å². The van der Waals surface area contributed by atoms with Crippen molar-refractivity contribution in [1.82, 2.24) is 9.97 Å². The first-order chi connectivity index (χ1) is 16.8. The topological polar surface area (TPSA) is 58.6 Å². The minimum absolute atomic E-state index is 0.224. The number of ether oxygens (including phenoxy) is 1. The third kappa shape index (κ3) is 6.53. The predicted octanol–water partition coefficient (Wildman–Crippen LogP) is 6.52. The molecule has 1 aromatic carbocycles. The van der Waals surface area contributed by atoms with E-state index in [0.29, 0.717) is 12.6 Å². The van der Waals surface area contributed by atoms with Gasteiger partial charge in [0.05, 0.1) is 6.61 Å². The molecule has 1 aliphatic heterocycles. The first-order valence-electron chi connectivity index (χ1n) is 13.4. The molecule has 0 spiro atoms. The Morgan fingerprint density at radius 3 is 2.31 bits per heavy atom. The molecule has 0 saturated carbocycles. The van der Waals surface area contributed by atoms with Gasteiger partial charge in [-0.2, -0.15) is 4.98 Å². The number of aromatic nitrogens is 2. The van der Waals surface area contributed by atoms with E-state index in [4.69, 9.17) is 14.7 Å². The van der Waals surface area contributed by atoms with Crippen LogP contribution in [-0.4, -0.2) is 41.7 Å². The number of anilines is 3. The molecule has 1 aliphatic rings. The zero-order valence-corrected chi connectivity index (χ0v) is 22.9. The Morgan fingerprint density at radius 1 is 1.06 bits per heavy atom. The molecule has 6 nitrogen and oxygen atoms in total. The highest BCUT2D eigenvalue weighted by atomic mass is 16.5. The summed E-state index contributed by atoms with van der Waals surface area (Å²) in [5.74, 6) is 1.69. The molecule has 0 bridgehead atoms. The third-order valence-electron chi connectivity index (χ3n) is 6.97. The van der Waals surface area contributed by atoms with Crippen molar-refractivity contribution in [3.05, 3.63) is 40.1 Å². The van der Waals surface area contributed by atoms with Gasteiger partial charge in [-0.3, -0.25) is 4.79 Å². The van der Waals surface area contributed by atoms with Crippen molar-refractivity contribution in [2.45, 2.75) is 99.5 Å². The van der Waals surface area contributed by atoms with E-state index in [-0.39, 0.29) is 5.97 Å². The lowest BCUT2D eigenvalue weighted by atomic mass is 10.0. The lowest BCUT2D eigenvalue weighted by molar-refractivity contribution is -0.141. The van der Waals surface area contributed by atoms with E-state index >= 15 is 0 Å². The zero-order valence-electron chi connectivity index (χ0n) is 22.9. The number of esters is 1. The fourth-order valence-electron chi connectivity index (χ4n) is 5.53. The molecule has 0 aliphatic carbocycles. The first-order valence-corrected chi connectivity index (χ1v) is 13.4. The second-order valence-electron chi connectivity index (χ2n) is 10.0. The van der Waals surface area contributed by atoms with Gasteiger partial charge in [-0.25, -0.2) is 4.98 Å². The van der Waals surface area contributed by atoms with E-state index in [0.717, 1.165) is 49.8 Å². The standard InChI is InChI=1S/C29H44N4O2/c1-8-12-25(13-9-2)32-16-14-26-23(6)30-29(31-28(26)32)33(15-10-11-17-35-24(7)34)27-21(4)18-20(3)19-22(27)5/h18-19,25H,8-17H2,1-7H3. The molecule has 192 valence electrons. The van der Waals surface area contributed by atoms with E-state index in [1.165, 1.54) is 60.5 Å². The van der Waals surface area contributed by atoms with Crippen molar-refractivity contribution >= 4 is 23.4 Å². The molecule has 0 saturated heterocycles. The lowest BCUT2D eigenvalue weighted by Crippen LogP contribution is -2.34. The average Bonchev–Trinajstić information content (AvgIpc) is 3.21. The summed E-state index contributed by atoms with van der Waals surface area (Å²) in [6, 6.07) is 5.01. The van der Waals surface area contributed by atoms with Crippen LogP contribution in [0.4, 0.5) is 17.5 Å². The van der Waals surface area contributed by atoms with Crippen LogP contribution in [0.15, 0.2) is 12.1 Å². The molecule has 1 aromatic heterocycles. The molecule has 0 radical (unpaired) electrons. The summed E-state index contributed by atoms with van der Waals surface area (Å²) in [5, 5.41) is 0. The number of aryl methyl sites for hydroxylation is 4. The Labute approximate surface area is 212 Å². The molecule has 6 heteroatoms. The maximum atomic E-state index is 11.2. The van der Waals surface area contributed by atoms with E-state index < -0.39 is 0 Å². The maximum Gasteiger partial charge on any atom is 0.302 e. The molecule has 2 aromatic rings. The SMILES string of the molecule is CCCC(CCC)N1CCc2c(C)nc(N(CCCCOC(C)=O)c3c(C)cc(C)cc3C)nc21. The molecule has 3 rings (SSSR count). The molecule has 0 amide bonds. The Bertz CT molecular complexity index is 991. The fraction of sp³-hybridized carbons (Fsp3) is 0.621. The van der Waals surface area contributed by atoms with Crippen LogP contribution < -0.4 is 9.80 Å². The Balaban J connectivity index is 1.99. The van der Waals surface area contributed by atoms with Gasteiger partial charge in [-0.1, -0.05) is 44.4 Å². The highest BCUT2D eigenvalue weighted by Gasteiger charge is 2.30. The molecule has 0 atom stereocenters. The van der Waals surface area contributed by atoms with Gasteiger partial charge in [0.2, 0.25) is 5.95 Å². The summed E-state index contributed by atoms with van der Waals surface area (Å²) >= 11 is 0. The van der Waals surface area contributed by atoms with Crippen LogP contribution in [0.5, 0.6) is 0 Å². The normalized spacial score (nSPS) is 12.9. The van der Waals surface area contributed by atoms with Gasteiger partial charge in [0.1, 0.15) is 5.82 Å². The number of carbonyl (C=O) groups is 1. The van der Waals surface area contributed by atoms with Crippen LogP contribution in [0.1, 0.15) is 87.2 Å². The largest absolute Gasteiger partial charge is 0.466 e. The molecular formula is C29H44N4O2. The molecular weight excluding hydrogens is 436 g/mol. The number of rotatable bonds is 12. The van der Waals surface area contributed by atoms with Crippen molar-refractivity contribution in [2.24, 2.45) is 0 Å². The highest BCUT2D eigenvalue weighted by Crippen LogP contribution is 2.37. The van der Waals surface area contributed by atoms with Crippen LogP contribution in [0.25, 0.3) is 0 Å². The monoisotopic (exact) mass is 480 g/mol. The summed E-state index contributed by atoms with van der Waals surface area (Å²) in [6.07, 6.45) is 7.48. The number of unbranched alkanes of at least 4 members (excludes halogenated alkanes) is 1. The minimum atomic E-state index is -0.224. The number of hydrogen-bond donors (Lipinski definition) is 0. The van der Waals surface area contributed by atoms with Crippen LogP contribution in [0.3, 0.4) is 0 Å². The van der Waals surface area contributed by atoms with Crippen LogP contribution in [0.2, 0.25) is 0 Å². The second kappa shape index (κ2) is 12.4. The van der Waals surface area contributed by atoms with Gasteiger partial charge in [0.25, 0.3) is 0 Å². The molecule has 35 heavy (non-hydrogen) atoms. The predicted molar refractivity (Wildman–Crippen MR) is 145 cm³/mol. The average molecular weight is 481 g/mol. The summed E-state index contributed by atoms with van der Waals surface area (Å²) in [5.41, 5.74) is 7.31. The second-order valence-corrected chi connectivity index (χ2v) is 10.0. The van der Waals surface area contributed by atoms with Crippen molar-refractivity contribution < 1.29 is 9.53 Å². The molecule has 0 N–H and O–H groups in total. The Hall–Kier alpha value is -2.63. The number of carbonyl (C=O) groups excluding carboxylic acids is 1. The number of benzene rings is 1. The smallest absolute Gasteiger partial charge is 0.302 e. The number of hydrogen-bond acceptors (Lipinski definition) is 6. The van der Waals surface area contributed by atoms with Gasteiger partial charge in [-0.05, 0) is 70.9 Å². The van der Waals surface area contributed by atoms with Crippen LogP contribution in [0, 0.1) is 27.7 Å². The first kappa shape index (κ1) is 27.0. The van der Waals surface area contributed by atoms with Crippen molar-refractivity contribution in [3.8, 4) is 0 Å². The Morgan fingerprint density at radius 2 is 1.71 bits per heavy atom. The zero-order chi connectivity index (χ0) is 25.5. The fourth-order valence-corrected chi connectivity index (χ4v) is 5.53. The third-order valence-corrected chi connectivity index (χ3v) is 6.97. The van der Waals surface area contributed by atoms with Gasteiger partial charge in [-0.15, -0.1) is 0 Å². The van der Waals surface area contributed by atoms with E-state index in [1.807, 2.05) is 0 Å². The minimum Gasteiger partial charge on any atom is -0.466 e. The van der Waals surface area contributed by atoms with Crippen molar-refractivity contribution in [3.63, 3.8) is 0 Å². The van der Waals surface area contributed by atoms with Crippen LogP contribution in [-0.2, 0) is 16.0 Å². The van der Waals surface area contributed by atoms with Gasteiger partial charge >= 0.3 is 5.97 Å². The van der Waals surface area contributed by atoms with E-state index in [2.05, 4.69) is 63.5 Å². The number of fused-ring (bicyclic) bond motifs is 1. The Kier molecular flexibility index (Phi) is 9.53. The van der Waals surface area contributed by atoms with E-state index in [1.54, 1.807) is 0 Å². The van der Waals surface area contributed by atoms with Gasteiger partial charge < -0.3 is 14.5 Å². The maximum absolute atomic E-state index is 11.2. The summed E-state index contributed by atoms with van der Waals surface area (Å²) in [7, 11) is 0. The molecule has 2 heterocycles. The van der Waals surface area contributed by atoms with Crippen molar-refractivity contribution in [1.29, 1.82) is 0 Å². The van der Waals surface area contributed by atoms with Gasteiger partial charge in [0, 0.05) is 43.0 Å². The molecule has 0 unspecified atom stereocenters. The number of nitrogens with zero attached hydrogens (tertiary/aromatic N) is 4. The van der Waals surface area contributed by atoms with Crippen LogP contribution >= 0.6 is 0 Å². The van der Waals surface area contributed by atoms with E-state index in [9.17, 15) is 4.79 Å². The summed E-state index contributed by atoms with van der Waals surface area (Å²) < 4.78 is 5.17. The lowest BCUT2D eigenvalue weighted by Gasteiger charge is -2.31. The highest BCUT2D eigenvalue weighted by molar-refractivity contribution is 5.69. The molecule has 0 fully saturated rings.